The highest BCUT2D eigenvalue weighted by atomic mass is 16.5. The standard InChI is InChI=1S/C15H25N3O/c1-11-13(10-17-15(2,3)4)9-16-14(18-11)19-8-7-12-5-6-12/h9,12,17H,5-8,10H2,1-4H3. The Balaban J connectivity index is 1.84. The van der Waals surface area contributed by atoms with Crippen molar-refractivity contribution in [3.63, 3.8) is 0 Å². The molecule has 0 aliphatic heterocycles. The van der Waals surface area contributed by atoms with E-state index in [1.807, 2.05) is 13.1 Å². The van der Waals surface area contributed by atoms with Crippen LogP contribution in [0, 0.1) is 12.8 Å². The molecule has 1 aliphatic carbocycles. The molecule has 1 fully saturated rings. The van der Waals surface area contributed by atoms with Gasteiger partial charge in [-0.15, -0.1) is 0 Å². The first-order chi connectivity index (χ1) is 8.94. The van der Waals surface area contributed by atoms with Crippen molar-refractivity contribution >= 4 is 0 Å². The Bertz CT molecular complexity index is 422. The monoisotopic (exact) mass is 263 g/mol. The first-order valence-corrected chi connectivity index (χ1v) is 7.14. The lowest BCUT2D eigenvalue weighted by Gasteiger charge is -2.20. The largest absolute Gasteiger partial charge is 0.463 e. The molecule has 0 bridgehead atoms. The molecule has 0 atom stereocenters. The van der Waals surface area contributed by atoms with Crippen LogP contribution in [-0.2, 0) is 6.54 Å². The van der Waals surface area contributed by atoms with Crippen molar-refractivity contribution in [1.82, 2.24) is 15.3 Å². The Labute approximate surface area is 116 Å². The molecule has 1 N–H and O–H groups in total. The van der Waals surface area contributed by atoms with Gasteiger partial charge in [-0.25, -0.2) is 9.97 Å². The molecular formula is C15H25N3O. The van der Waals surface area contributed by atoms with Crippen LogP contribution < -0.4 is 10.1 Å². The van der Waals surface area contributed by atoms with Crippen molar-refractivity contribution in [1.29, 1.82) is 0 Å². The molecule has 0 spiro atoms. The van der Waals surface area contributed by atoms with Crippen LogP contribution in [0.2, 0.25) is 0 Å². The molecule has 0 amide bonds. The molecule has 0 saturated heterocycles. The number of aryl methyl sites for hydroxylation is 1. The van der Waals surface area contributed by atoms with Crippen LogP contribution in [0.3, 0.4) is 0 Å². The van der Waals surface area contributed by atoms with Crippen LogP contribution in [-0.4, -0.2) is 22.1 Å². The maximum Gasteiger partial charge on any atom is 0.316 e. The lowest BCUT2D eigenvalue weighted by atomic mass is 10.1. The number of nitrogens with zero attached hydrogens (tertiary/aromatic N) is 2. The molecule has 1 saturated carbocycles. The minimum Gasteiger partial charge on any atom is -0.463 e. The summed E-state index contributed by atoms with van der Waals surface area (Å²) in [7, 11) is 0. The van der Waals surface area contributed by atoms with E-state index in [4.69, 9.17) is 4.74 Å². The van der Waals surface area contributed by atoms with Gasteiger partial charge in [0.25, 0.3) is 0 Å². The minimum atomic E-state index is 0.103. The highest BCUT2D eigenvalue weighted by Crippen LogP contribution is 2.32. The molecule has 106 valence electrons. The van der Waals surface area contributed by atoms with E-state index in [1.165, 1.54) is 12.8 Å². The van der Waals surface area contributed by atoms with Gasteiger partial charge in [0, 0.05) is 29.5 Å². The molecule has 19 heavy (non-hydrogen) atoms. The Morgan fingerprint density at radius 2 is 2.11 bits per heavy atom. The summed E-state index contributed by atoms with van der Waals surface area (Å²) >= 11 is 0. The Morgan fingerprint density at radius 3 is 2.68 bits per heavy atom. The van der Waals surface area contributed by atoms with Crippen LogP contribution >= 0.6 is 0 Å². The zero-order valence-electron chi connectivity index (χ0n) is 12.5. The summed E-state index contributed by atoms with van der Waals surface area (Å²) in [6.45, 7) is 9.99. The maximum atomic E-state index is 5.60. The molecular weight excluding hydrogens is 238 g/mol. The fraction of sp³-hybridized carbons (Fsp3) is 0.733. The first-order valence-electron chi connectivity index (χ1n) is 7.14. The minimum absolute atomic E-state index is 0.103. The average molecular weight is 263 g/mol. The van der Waals surface area contributed by atoms with Crippen molar-refractivity contribution < 1.29 is 4.74 Å². The zero-order chi connectivity index (χ0) is 13.9. The Kier molecular flexibility index (Phi) is 4.40. The summed E-state index contributed by atoms with van der Waals surface area (Å²) in [5, 5.41) is 3.44. The molecule has 1 aromatic rings. The van der Waals surface area contributed by atoms with Crippen LogP contribution in [0.1, 0.15) is 51.3 Å². The lowest BCUT2D eigenvalue weighted by Crippen LogP contribution is -2.35. The zero-order valence-corrected chi connectivity index (χ0v) is 12.5. The van der Waals surface area contributed by atoms with Gasteiger partial charge in [0.05, 0.1) is 6.61 Å². The summed E-state index contributed by atoms with van der Waals surface area (Å²) in [5.74, 6) is 0.886. The predicted molar refractivity (Wildman–Crippen MR) is 76.2 cm³/mol. The van der Waals surface area contributed by atoms with Crippen molar-refractivity contribution in [2.24, 2.45) is 5.92 Å². The fourth-order valence-corrected chi connectivity index (χ4v) is 1.80. The van der Waals surface area contributed by atoms with E-state index in [2.05, 4.69) is 36.1 Å². The molecule has 4 heteroatoms. The van der Waals surface area contributed by atoms with Gasteiger partial charge in [0.2, 0.25) is 0 Å². The SMILES string of the molecule is Cc1nc(OCCC2CC2)ncc1CNC(C)(C)C. The van der Waals surface area contributed by atoms with E-state index in [0.717, 1.165) is 36.7 Å². The Hall–Kier alpha value is -1.16. The average Bonchev–Trinajstić information content (AvgIpc) is 3.11. The first kappa shape index (κ1) is 14.3. The quantitative estimate of drug-likeness (QED) is 0.857. The summed E-state index contributed by atoms with van der Waals surface area (Å²) in [6, 6.07) is 0.512. The summed E-state index contributed by atoms with van der Waals surface area (Å²) in [4.78, 5) is 8.70. The number of hydrogen-bond donors (Lipinski definition) is 1. The van der Waals surface area contributed by atoms with Crippen molar-refractivity contribution in [2.45, 2.75) is 59.0 Å². The molecule has 1 aromatic heterocycles. The molecule has 0 unspecified atom stereocenters. The van der Waals surface area contributed by atoms with E-state index >= 15 is 0 Å². The van der Waals surface area contributed by atoms with E-state index in [0.29, 0.717) is 6.01 Å². The summed E-state index contributed by atoms with van der Waals surface area (Å²) < 4.78 is 5.60. The van der Waals surface area contributed by atoms with E-state index < -0.39 is 0 Å². The highest BCUT2D eigenvalue weighted by Gasteiger charge is 2.21. The number of nitrogens with one attached hydrogen (secondary N) is 1. The topological polar surface area (TPSA) is 47.0 Å². The fourth-order valence-electron chi connectivity index (χ4n) is 1.80. The number of rotatable bonds is 6. The predicted octanol–water partition coefficient (Wildman–Crippen LogP) is 2.85. The maximum absolute atomic E-state index is 5.60. The molecule has 2 rings (SSSR count). The second-order valence-corrected chi connectivity index (χ2v) is 6.45. The van der Waals surface area contributed by atoms with Gasteiger partial charge in [-0.2, -0.15) is 0 Å². The smallest absolute Gasteiger partial charge is 0.316 e. The second kappa shape index (κ2) is 5.87. The third-order valence-electron chi connectivity index (χ3n) is 3.32. The molecule has 0 radical (unpaired) electrons. The van der Waals surface area contributed by atoms with Crippen LogP contribution in [0.25, 0.3) is 0 Å². The number of hydrogen-bond acceptors (Lipinski definition) is 4. The third kappa shape index (κ3) is 5.15. The van der Waals surface area contributed by atoms with Gasteiger partial charge in [0.15, 0.2) is 0 Å². The van der Waals surface area contributed by atoms with Gasteiger partial charge in [0.1, 0.15) is 0 Å². The second-order valence-electron chi connectivity index (χ2n) is 6.45. The van der Waals surface area contributed by atoms with Gasteiger partial charge in [-0.1, -0.05) is 12.8 Å². The summed E-state index contributed by atoms with van der Waals surface area (Å²) in [5.41, 5.74) is 2.23. The summed E-state index contributed by atoms with van der Waals surface area (Å²) in [6.07, 6.45) is 5.73. The molecule has 0 aromatic carbocycles. The van der Waals surface area contributed by atoms with Gasteiger partial charge in [-0.3, -0.25) is 0 Å². The van der Waals surface area contributed by atoms with Crippen LogP contribution in [0.4, 0.5) is 0 Å². The van der Waals surface area contributed by atoms with Gasteiger partial charge in [-0.05, 0) is 40.0 Å². The van der Waals surface area contributed by atoms with Gasteiger partial charge >= 0.3 is 6.01 Å². The normalized spacial score (nSPS) is 15.6. The van der Waals surface area contributed by atoms with Crippen LogP contribution in [0.15, 0.2) is 6.20 Å². The van der Waals surface area contributed by atoms with Crippen LogP contribution in [0.5, 0.6) is 6.01 Å². The number of ether oxygens (including phenoxy) is 1. The number of aromatic nitrogens is 2. The van der Waals surface area contributed by atoms with Crippen molar-refractivity contribution in [3.05, 3.63) is 17.5 Å². The highest BCUT2D eigenvalue weighted by molar-refractivity contribution is 5.17. The molecule has 1 heterocycles. The van der Waals surface area contributed by atoms with Crippen molar-refractivity contribution in [2.75, 3.05) is 6.61 Å². The Morgan fingerprint density at radius 1 is 1.37 bits per heavy atom. The lowest BCUT2D eigenvalue weighted by molar-refractivity contribution is 0.278. The van der Waals surface area contributed by atoms with E-state index in [9.17, 15) is 0 Å². The molecule has 1 aliphatic rings. The third-order valence-corrected chi connectivity index (χ3v) is 3.32. The van der Waals surface area contributed by atoms with Gasteiger partial charge < -0.3 is 10.1 Å². The molecule has 4 nitrogen and oxygen atoms in total. The van der Waals surface area contributed by atoms with E-state index in [-0.39, 0.29) is 5.54 Å². The van der Waals surface area contributed by atoms with E-state index in [1.54, 1.807) is 0 Å². The van der Waals surface area contributed by atoms with Crippen molar-refractivity contribution in [3.8, 4) is 6.01 Å².